The lowest BCUT2D eigenvalue weighted by Crippen LogP contribution is -2.40. The van der Waals surface area contributed by atoms with Crippen molar-refractivity contribution in [3.05, 3.63) is 221 Å². The smallest absolute Gasteiger partial charge is 0.329 e. The van der Waals surface area contributed by atoms with Crippen molar-refractivity contribution in [1.82, 2.24) is 26.2 Å². The van der Waals surface area contributed by atoms with Crippen LogP contribution in [0.25, 0.3) is 0 Å². The molecule has 8 atom stereocenters. The second-order valence-electron chi connectivity index (χ2n) is 43.2. The average molecular weight is 2040 g/mol. The van der Waals surface area contributed by atoms with Gasteiger partial charge in [-0.25, -0.2) is 8.78 Å². The number of hydrogen-bond donors (Lipinski definition) is 5. The summed E-state index contributed by atoms with van der Waals surface area (Å²) in [4.78, 5) is 64.1. The Hall–Kier alpha value is -5.85. The molecular formula is C111H160Br2Cl2F8N6O5. The molecule has 4 saturated carbocycles. The molecule has 4 aliphatic carbocycles. The number of carbonyl (C=O) groups is 5. The van der Waals surface area contributed by atoms with Gasteiger partial charge in [-0.15, -0.1) is 0 Å². The number of halogens is 12. The van der Waals surface area contributed by atoms with E-state index in [4.69, 9.17) is 28.9 Å². The second kappa shape index (κ2) is 54.8. The Labute approximate surface area is 826 Å². The molecule has 0 amide bonds. The SMILES string of the molecule is C=C(C(C)C)[C@H](CNC1CCCC(C)(C)C1)c1ccc(Cl)cc1.CC(C)C(=O)[C@H](CN(C)C(C)C)c1ccc(C(F)(F)F)cc1F.CC(C)C(=O)[C@H](CN)c1ccc(C(F)(F)F)cc1F.CC(C)C(=O)[C@H](CNC1CCC(C)(C)CC1)c1ccc(Br)cc1.CC(C)C(=O)[C@H](CNC1CCC(C)(C)CC1)c1ccc(Cl)cc1.CC(C)C(=O)[C@H](CNC1CCCC(C)(C)C1)c1ccc(Br)cc1. The Morgan fingerprint density at radius 1 is 0.396 bits per heavy atom. The number of nitrogens with one attached hydrogen (secondary N) is 4. The molecule has 0 saturated heterocycles. The molecule has 4 fully saturated rings. The van der Waals surface area contributed by atoms with Gasteiger partial charge in [0.2, 0.25) is 0 Å². The van der Waals surface area contributed by atoms with Crippen LogP contribution in [0.1, 0.15) is 335 Å². The highest BCUT2D eigenvalue weighted by atomic mass is 79.9. The van der Waals surface area contributed by atoms with Crippen LogP contribution in [0.4, 0.5) is 35.1 Å². The molecule has 6 aromatic rings. The van der Waals surface area contributed by atoms with Crippen molar-refractivity contribution in [3.8, 4) is 0 Å². The lowest BCUT2D eigenvalue weighted by atomic mass is 9.75. The lowest BCUT2D eigenvalue weighted by molar-refractivity contribution is -0.138. The molecule has 4 aliphatic rings. The minimum Gasteiger partial charge on any atom is -0.329 e. The predicted molar refractivity (Wildman–Crippen MR) is 547 cm³/mol. The van der Waals surface area contributed by atoms with Gasteiger partial charge in [0, 0.05) is 124 Å². The Kier molecular flexibility index (Phi) is 48.5. The van der Waals surface area contributed by atoms with Crippen LogP contribution in [0.2, 0.25) is 10.0 Å². The van der Waals surface area contributed by atoms with Crippen molar-refractivity contribution in [2.45, 2.75) is 333 Å². The van der Waals surface area contributed by atoms with Gasteiger partial charge in [0.05, 0.1) is 40.7 Å². The fourth-order valence-electron chi connectivity index (χ4n) is 18.1. The van der Waals surface area contributed by atoms with Gasteiger partial charge in [-0.05, 0) is 245 Å². The van der Waals surface area contributed by atoms with Crippen molar-refractivity contribution in [1.29, 1.82) is 0 Å². The quantitative estimate of drug-likeness (QED) is 0.0193. The van der Waals surface area contributed by atoms with Gasteiger partial charge in [0.1, 0.15) is 40.6 Å². The number of rotatable bonds is 34. The first kappa shape index (κ1) is 119. The third kappa shape index (κ3) is 40.0. The second-order valence-corrected chi connectivity index (χ2v) is 45.9. The summed E-state index contributed by atoms with van der Waals surface area (Å²) in [6.45, 7) is 53.5. The van der Waals surface area contributed by atoms with Gasteiger partial charge >= 0.3 is 12.4 Å². The van der Waals surface area contributed by atoms with Crippen molar-refractivity contribution >= 4 is 84.0 Å². The molecule has 0 radical (unpaired) electrons. The highest BCUT2D eigenvalue weighted by molar-refractivity contribution is 9.10. The van der Waals surface area contributed by atoms with Gasteiger partial charge < -0.3 is 31.9 Å². The van der Waals surface area contributed by atoms with E-state index in [1.165, 1.54) is 114 Å². The zero-order valence-electron chi connectivity index (χ0n) is 84.4. The molecule has 6 aromatic carbocycles. The normalized spacial score (nSPS) is 18.7. The molecule has 10 rings (SSSR count). The van der Waals surface area contributed by atoms with E-state index in [9.17, 15) is 59.1 Å². The molecule has 748 valence electrons. The zero-order valence-corrected chi connectivity index (χ0v) is 89.1. The summed E-state index contributed by atoms with van der Waals surface area (Å²) in [7, 11) is 1.80. The fraction of sp³-hybridized carbons (Fsp3) is 0.613. The molecule has 0 spiro atoms. The van der Waals surface area contributed by atoms with Crippen LogP contribution in [0.15, 0.2) is 155 Å². The first-order chi connectivity index (χ1) is 62.3. The van der Waals surface area contributed by atoms with Crippen LogP contribution in [0, 0.1) is 68.8 Å². The van der Waals surface area contributed by atoms with Crippen molar-refractivity contribution in [3.63, 3.8) is 0 Å². The van der Waals surface area contributed by atoms with E-state index in [0.29, 0.717) is 92.2 Å². The summed E-state index contributed by atoms with van der Waals surface area (Å²) in [5, 5.41) is 16.4. The molecule has 23 heteroatoms. The number of alkyl halides is 6. The van der Waals surface area contributed by atoms with E-state index in [-0.39, 0.29) is 89.2 Å². The molecule has 0 aliphatic heterocycles. The van der Waals surface area contributed by atoms with E-state index in [2.05, 4.69) is 165 Å². The number of Topliss-reactive ketones (excluding diaryl/α,β-unsaturated/α-hetero) is 5. The maximum Gasteiger partial charge on any atom is 0.416 e. The first-order valence-corrected chi connectivity index (χ1v) is 51.1. The van der Waals surface area contributed by atoms with Crippen molar-refractivity contribution in [2.75, 3.05) is 46.3 Å². The number of carbonyl (C=O) groups excluding carboxylic acids is 5. The largest absolute Gasteiger partial charge is 0.416 e. The van der Waals surface area contributed by atoms with Crippen molar-refractivity contribution < 1.29 is 59.1 Å². The van der Waals surface area contributed by atoms with Crippen LogP contribution >= 0.6 is 55.1 Å². The number of hydrogen-bond acceptors (Lipinski definition) is 11. The summed E-state index contributed by atoms with van der Waals surface area (Å²) in [6, 6.07) is 39.3. The van der Waals surface area contributed by atoms with Gasteiger partial charge in [-0.2, -0.15) is 26.3 Å². The maximum atomic E-state index is 14.2. The Morgan fingerprint density at radius 3 is 0.948 bits per heavy atom. The number of nitrogens with two attached hydrogens (primary N) is 1. The standard InChI is InChI=1S/C21H32ClN.2C20H30BrNO.C20H30ClNO.C17H23F4NO.C13H15F4NO/c1-15(2)16(3)20(17-8-10-18(22)11-9-17)14-23-19-7-6-12-21(4,5)13-19;1-14(2)19(23)18(15-5-7-16(21)8-6-15)13-22-17-9-11-20(3,4)12-10-17;1-14(2)19(23)18(15-7-9-16(21)10-8-15)13-22-17-6-5-11-20(3,4)12-17;1-14(2)19(23)18(15-5-7-16(21)8-6-15)13-22-17-9-11-20(3,4)12-10-17;1-10(2)16(23)14(9-22(5)11(3)4)13-7-6-12(8-15(13)18)17(19,20)21;1-7(2)12(19)10(6-18)9-4-3-8(5-11(9)14)13(15,16)17/h8-11,15,19-20,23H,3,6-7,12-14H2,1-2,4-5H3;5-8,14,17-18,22H,9-13H2,1-4H3;7-10,14,17-18,22H,5-6,11-13H2,1-4H3;5-8,14,17-18,22H,9-13H2,1-4H3;6-8,10-11,14H,9H2,1-5H3;3-5,7,10H,6,18H2,1-2H3/t19?,20-;18-;17?,18-;18-;14-;10-/m011111/s1. The van der Waals surface area contributed by atoms with E-state index >= 15 is 0 Å². The molecule has 134 heavy (non-hydrogen) atoms. The Balaban J connectivity index is 0.000000285. The minimum atomic E-state index is -4.61. The van der Waals surface area contributed by atoms with Crippen LogP contribution in [0.3, 0.4) is 0 Å². The summed E-state index contributed by atoms with van der Waals surface area (Å²) in [5.74, 6) is -3.11. The van der Waals surface area contributed by atoms with Crippen LogP contribution in [0.5, 0.6) is 0 Å². The molecule has 11 nitrogen and oxygen atoms in total. The van der Waals surface area contributed by atoms with E-state index in [1.807, 2.05) is 121 Å². The Bertz CT molecular complexity index is 4400. The number of likely N-dealkylation sites (N-methyl/N-ethyl adjacent to an activating group) is 1. The Morgan fingerprint density at radius 2 is 0.672 bits per heavy atom. The van der Waals surface area contributed by atoms with Gasteiger partial charge in [-0.3, -0.25) is 24.0 Å². The summed E-state index contributed by atoms with van der Waals surface area (Å²) < 4.78 is 105. The average Bonchev–Trinajstić information content (AvgIpc) is 0.818. The van der Waals surface area contributed by atoms with Gasteiger partial charge in [0.25, 0.3) is 0 Å². The molecule has 0 aromatic heterocycles. The summed E-state index contributed by atoms with van der Waals surface area (Å²) >= 11 is 19.0. The molecule has 6 N–H and O–H groups in total. The van der Waals surface area contributed by atoms with Crippen molar-refractivity contribution in [2.24, 2.45) is 62.9 Å². The highest BCUT2D eigenvalue weighted by Crippen LogP contribution is 2.42. The maximum absolute atomic E-state index is 14.2. The third-order valence-electron chi connectivity index (χ3n) is 27.4. The fourth-order valence-corrected chi connectivity index (χ4v) is 18.9. The monoisotopic (exact) mass is 2040 g/mol. The van der Waals surface area contributed by atoms with E-state index in [1.54, 1.807) is 34.7 Å². The van der Waals surface area contributed by atoms with Crippen LogP contribution in [-0.4, -0.2) is 110 Å². The van der Waals surface area contributed by atoms with Gasteiger partial charge in [-0.1, -0.05) is 279 Å². The number of nitrogens with zero attached hydrogens (tertiary/aromatic N) is 1. The zero-order chi connectivity index (χ0) is 101. The van der Waals surface area contributed by atoms with E-state index in [0.717, 1.165) is 81.1 Å². The molecule has 0 bridgehead atoms. The molecule has 0 heterocycles. The summed E-state index contributed by atoms with van der Waals surface area (Å²) in [6.07, 6.45) is 11.0. The predicted octanol–water partition coefficient (Wildman–Crippen LogP) is 29.6. The van der Waals surface area contributed by atoms with E-state index < -0.39 is 46.9 Å². The number of ketones is 5. The highest BCUT2D eigenvalue weighted by Gasteiger charge is 2.39. The third-order valence-corrected chi connectivity index (χ3v) is 28.9. The number of benzene rings is 6. The van der Waals surface area contributed by atoms with Crippen LogP contribution in [-0.2, 0) is 36.3 Å². The summed E-state index contributed by atoms with van der Waals surface area (Å²) in [5.41, 5.74) is 11.0. The minimum absolute atomic E-state index is 0.0178. The lowest BCUT2D eigenvalue weighted by Gasteiger charge is -2.36. The topological polar surface area (TPSA) is 163 Å². The molecule has 2 unspecified atom stereocenters. The van der Waals surface area contributed by atoms with Crippen LogP contribution < -0.4 is 27.0 Å². The molecular weight excluding hydrogens is 1880 g/mol. The van der Waals surface area contributed by atoms with Gasteiger partial charge in [0.15, 0.2) is 0 Å². The first-order valence-electron chi connectivity index (χ1n) is 48.7.